The van der Waals surface area contributed by atoms with Crippen LogP contribution in [0.4, 0.5) is 5.69 Å². The third-order valence-corrected chi connectivity index (χ3v) is 6.62. The highest BCUT2D eigenvalue weighted by Gasteiger charge is 2.23. The Hall–Kier alpha value is -4.40. The van der Waals surface area contributed by atoms with E-state index in [1.54, 1.807) is 30.3 Å². The van der Waals surface area contributed by atoms with Gasteiger partial charge in [-0.25, -0.2) is 0 Å². The number of fused-ring (bicyclic) bond motifs is 1. The second kappa shape index (κ2) is 11.1. The number of amides is 2. The highest BCUT2D eigenvalue weighted by Crippen LogP contribution is 2.26. The molecule has 3 aromatic rings. The lowest BCUT2D eigenvalue weighted by atomic mass is 10.0. The number of nitrogens with two attached hydrogens (primary N) is 2. The van der Waals surface area contributed by atoms with E-state index in [1.807, 2.05) is 37.3 Å². The van der Waals surface area contributed by atoms with E-state index < -0.39 is 11.8 Å². The van der Waals surface area contributed by atoms with Gasteiger partial charge in [0.25, 0.3) is 0 Å². The number of amidine groups is 2. The number of rotatable bonds is 7. The van der Waals surface area contributed by atoms with Crippen LogP contribution in [0.25, 0.3) is 10.8 Å². The van der Waals surface area contributed by atoms with Crippen LogP contribution in [0.2, 0.25) is 0 Å². The number of piperidine rings is 1. The van der Waals surface area contributed by atoms with Crippen molar-refractivity contribution in [1.29, 1.82) is 10.8 Å². The summed E-state index contributed by atoms with van der Waals surface area (Å²) in [4.78, 5) is 28.0. The summed E-state index contributed by atoms with van der Waals surface area (Å²) >= 11 is 0. The van der Waals surface area contributed by atoms with Crippen LogP contribution in [0.1, 0.15) is 37.3 Å². The molecule has 0 radical (unpaired) electrons. The van der Waals surface area contributed by atoms with Gasteiger partial charge in [0.1, 0.15) is 17.7 Å². The zero-order chi connectivity index (χ0) is 26.5. The molecule has 9 heteroatoms. The number of benzene rings is 3. The van der Waals surface area contributed by atoms with Crippen LogP contribution in [0.5, 0.6) is 5.75 Å². The SMILES string of the molecule is CCC(=N)N1CCC(Oc2ccc(N(Cc3ccc4ccc(C(=N)N)cc4c3)C(=O)C(N)=O)cc2)CC1. The number of primary amides is 1. The van der Waals surface area contributed by atoms with Gasteiger partial charge in [0.05, 0.1) is 12.4 Å². The summed E-state index contributed by atoms with van der Waals surface area (Å²) in [6.45, 7) is 3.74. The molecule has 4 rings (SSSR count). The van der Waals surface area contributed by atoms with Gasteiger partial charge in [-0.15, -0.1) is 0 Å². The topological polar surface area (TPSA) is 150 Å². The average molecular weight is 501 g/mol. The van der Waals surface area contributed by atoms with E-state index in [4.69, 9.17) is 27.0 Å². The van der Waals surface area contributed by atoms with E-state index in [2.05, 4.69) is 4.90 Å². The van der Waals surface area contributed by atoms with Gasteiger partial charge in [-0.1, -0.05) is 31.2 Å². The Kier molecular flexibility index (Phi) is 7.71. The Morgan fingerprint density at radius 3 is 2.27 bits per heavy atom. The summed E-state index contributed by atoms with van der Waals surface area (Å²) in [5, 5.41) is 17.5. The van der Waals surface area contributed by atoms with Crippen LogP contribution in [0, 0.1) is 10.8 Å². The molecular weight excluding hydrogens is 468 g/mol. The van der Waals surface area contributed by atoms with Gasteiger partial charge < -0.3 is 21.1 Å². The molecule has 0 saturated carbocycles. The number of likely N-dealkylation sites (tertiary alicyclic amines) is 1. The second-order valence-electron chi connectivity index (χ2n) is 9.16. The smallest absolute Gasteiger partial charge is 0.316 e. The minimum Gasteiger partial charge on any atom is -0.490 e. The third-order valence-electron chi connectivity index (χ3n) is 6.62. The lowest BCUT2D eigenvalue weighted by molar-refractivity contribution is -0.135. The van der Waals surface area contributed by atoms with Crippen LogP contribution < -0.4 is 21.1 Å². The summed E-state index contributed by atoms with van der Waals surface area (Å²) in [6, 6.07) is 18.3. The van der Waals surface area contributed by atoms with Crippen LogP contribution in [0.15, 0.2) is 60.7 Å². The van der Waals surface area contributed by atoms with Crippen molar-refractivity contribution >= 4 is 39.9 Å². The number of nitrogen functional groups attached to an aromatic ring is 1. The van der Waals surface area contributed by atoms with Crippen molar-refractivity contribution in [2.45, 2.75) is 38.8 Å². The van der Waals surface area contributed by atoms with Crippen molar-refractivity contribution in [3.63, 3.8) is 0 Å². The molecule has 0 aliphatic carbocycles. The zero-order valence-corrected chi connectivity index (χ0v) is 20.9. The molecule has 1 aliphatic heterocycles. The Bertz CT molecular complexity index is 1330. The monoisotopic (exact) mass is 500 g/mol. The van der Waals surface area contributed by atoms with Gasteiger partial charge in [-0.3, -0.25) is 25.3 Å². The first-order chi connectivity index (χ1) is 17.7. The van der Waals surface area contributed by atoms with E-state index in [0.717, 1.165) is 48.7 Å². The molecule has 3 aromatic carbocycles. The van der Waals surface area contributed by atoms with Gasteiger partial charge in [0.15, 0.2) is 0 Å². The first kappa shape index (κ1) is 25.7. The fourth-order valence-corrected chi connectivity index (χ4v) is 4.52. The third kappa shape index (κ3) is 6.06. The first-order valence-corrected chi connectivity index (χ1v) is 12.3. The molecule has 0 bridgehead atoms. The van der Waals surface area contributed by atoms with Gasteiger partial charge >= 0.3 is 11.8 Å². The highest BCUT2D eigenvalue weighted by molar-refractivity contribution is 6.39. The predicted octanol–water partition coefficient (Wildman–Crippen LogP) is 3.37. The molecule has 192 valence electrons. The van der Waals surface area contributed by atoms with E-state index in [9.17, 15) is 9.59 Å². The van der Waals surface area contributed by atoms with Gasteiger partial charge in [0.2, 0.25) is 0 Å². The second-order valence-corrected chi connectivity index (χ2v) is 9.16. The predicted molar refractivity (Wildman–Crippen MR) is 145 cm³/mol. The number of hydrogen-bond donors (Lipinski definition) is 4. The number of nitrogens with zero attached hydrogens (tertiary/aromatic N) is 2. The molecule has 1 saturated heterocycles. The molecule has 37 heavy (non-hydrogen) atoms. The fourth-order valence-electron chi connectivity index (χ4n) is 4.52. The average Bonchev–Trinajstić information content (AvgIpc) is 2.91. The van der Waals surface area contributed by atoms with E-state index in [0.29, 0.717) is 22.8 Å². The number of carbonyl (C=O) groups is 2. The Morgan fingerprint density at radius 2 is 1.65 bits per heavy atom. The number of nitrogens with one attached hydrogen (secondary N) is 2. The molecule has 0 aromatic heterocycles. The van der Waals surface area contributed by atoms with E-state index >= 15 is 0 Å². The Labute approximate surface area is 216 Å². The first-order valence-electron chi connectivity index (χ1n) is 12.3. The molecule has 0 spiro atoms. The maximum Gasteiger partial charge on any atom is 0.316 e. The molecule has 9 nitrogen and oxygen atoms in total. The highest BCUT2D eigenvalue weighted by atomic mass is 16.5. The minimum absolute atomic E-state index is 0.0221. The fraction of sp³-hybridized carbons (Fsp3) is 0.286. The minimum atomic E-state index is -1.04. The molecule has 2 amide bonds. The van der Waals surface area contributed by atoms with Gasteiger partial charge in [-0.2, -0.15) is 0 Å². The number of carbonyl (C=O) groups excluding carboxylic acids is 2. The molecule has 0 unspecified atom stereocenters. The van der Waals surface area contributed by atoms with Crippen molar-refractivity contribution in [2.24, 2.45) is 11.5 Å². The summed E-state index contributed by atoms with van der Waals surface area (Å²) in [7, 11) is 0. The van der Waals surface area contributed by atoms with E-state index in [1.165, 1.54) is 4.90 Å². The van der Waals surface area contributed by atoms with Crippen molar-refractivity contribution in [3.8, 4) is 5.75 Å². The maximum absolute atomic E-state index is 12.7. The number of hydrogen-bond acceptors (Lipinski definition) is 5. The van der Waals surface area contributed by atoms with Crippen LogP contribution in [-0.4, -0.2) is 47.6 Å². The molecular formula is C28H32N6O3. The summed E-state index contributed by atoms with van der Waals surface area (Å²) in [5.41, 5.74) is 12.9. The molecule has 1 heterocycles. The summed E-state index contributed by atoms with van der Waals surface area (Å²) < 4.78 is 6.14. The van der Waals surface area contributed by atoms with Crippen LogP contribution in [0.3, 0.4) is 0 Å². The Balaban J connectivity index is 1.49. The van der Waals surface area contributed by atoms with Crippen molar-refractivity contribution in [2.75, 3.05) is 18.0 Å². The maximum atomic E-state index is 12.7. The lowest BCUT2D eigenvalue weighted by Gasteiger charge is -2.33. The van der Waals surface area contributed by atoms with Gasteiger partial charge in [-0.05, 0) is 52.7 Å². The molecule has 1 fully saturated rings. The quantitative estimate of drug-likeness (QED) is 0.223. The summed E-state index contributed by atoms with van der Waals surface area (Å²) in [5.74, 6) is -0.526. The summed E-state index contributed by atoms with van der Waals surface area (Å²) in [6.07, 6.45) is 2.46. The van der Waals surface area contributed by atoms with Crippen LogP contribution >= 0.6 is 0 Å². The normalized spacial score (nSPS) is 13.8. The largest absolute Gasteiger partial charge is 0.490 e. The lowest BCUT2D eigenvalue weighted by Crippen LogP contribution is -2.41. The Morgan fingerprint density at radius 1 is 0.973 bits per heavy atom. The molecule has 0 atom stereocenters. The zero-order valence-electron chi connectivity index (χ0n) is 20.9. The van der Waals surface area contributed by atoms with Crippen molar-refractivity contribution < 1.29 is 14.3 Å². The van der Waals surface area contributed by atoms with Crippen LogP contribution in [-0.2, 0) is 16.1 Å². The van der Waals surface area contributed by atoms with Gasteiger partial charge in [0, 0.05) is 43.6 Å². The van der Waals surface area contributed by atoms with Crippen molar-refractivity contribution in [3.05, 3.63) is 71.8 Å². The number of ether oxygens (including phenoxy) is 1. The standard InChI is InChI=1S/C28H32N6O3/c1-2-25(29)33-13-11-24(12-14-33)37-23-9-7-22(8-10-23)34(28(36)27(32)35)17-18-3-4-19-5-6-20(26(30)31)16-21(19)15-18/h3-10,15-16,24,29H,2,11-14,17H2,1H3,(H3,30,31)(H2,32,35). The molecule has 1 aliphatic rings. The molecule has 6 N–H and O–H groups in total. The number of anilines is 1. The van der Waals surface area contributed by atoms with E-state index in [-0.39, 0.29) is 18.5 Å². The van der Waals surface area contributed by atoms with Crippen molar-refractivity contribution in [1.82, 2.24) is 4.90 Å².